The topological polar surface area (TPSA) is 50.7 Å². The second kappa shape index (κ2) is 7.41. The van der Waals surface area contributed by atoms with Gasteiger partial charge >= 0.3 is 0 Å². The number of pyridine rings is 1. The maximum absolute atomic E-state index is 4.45. The Labute approximate surface area is 147 Å². The van der Waals surface area contributed by atoms with E-state index in [1.54, 1.807) is 0 Å². The molecule has 2 aromatic heterocycles. The number of rotatable bonds is 5. The quantitative estimate of drug-likeness (QED) is 0.746. The molecule has 2 heterocycles. The highest BCUT2D eigenvalue weighted by Gasteiger charge is 2.21. The van der Waals surface area contributed by atoms with Crippen LogP contribution in [0.25, 0.3) is 22.4 Å². The SMILES string of the molecule is Cl.c1ccc(-c2cc(-c3ccncc3)c(NCC3CC3)nn2)cc1. The summed E-state index contributed by atoms with van der Waals surface area (Å²) in [5.74, 6) is 1.64. The van der Waals surface area contributed by atoms with Crippen LogP contribution in [0.2, 0.25) is 0 Å². The molecule has 5 heteroatoms. The van der Waals surface area contributed by atoms with Gasteiger partial charge < -0.3 is 5.32 Å². The summed E-state index contributed by atoms with van der Waals surface area (Å²) in [4.78, 5) is 4.11. The van der Waals surface area contributed by atoms with Crippen molar-refractivity contribution in [3.05, 3.63) is 60.9 Å². The summed E-state index contributed by atoms with van der Waals surface area (Å²) in [6.45, 7) is 0.970. The van der Waals surface area contributed by atoms with Gasteiger partial charge in [0.1, 0.15) is 0 Å². The number of nitrogens with zero attached hydrogens (tertiary/aromatic N) is 3. The number of nitrogens with one attached hydrogen (secondary N) is 1. The molecule has 0 bridgehead atoms. The molecule has 4 nitrogen and oxygen atoms in total. The van der Waals surface area contributed by atoms with Crippen molar-refractivity contribution in [3.63, 3.8) is 0 Å². The summed E-state index contributed by atoms with van der Waals surface area (Å²) in [6.07, 6.45) is 6.24. The first-order valence-corrected chi connectivity index (χ1v) is 7.97. The second-order valence-corrected chi connectivity index (χ2v) is 5.92. The van der Waals surface area contributed by atoms with Crippen molar-refractivity contribution < 1.29 is 0 Å². The Bertz CT molecular complexity index is 789. The van der Waals surface area contributed by atoms with E-state index in [4.69, 9.17) is 0 Å². The maximum atomic E-state index is 4.45. The van der Waals surface area contributed by atoms with Gasteiger partial charge in [-0.25, -0.2) is 0 Å². The normalized spacial score (nSPS) is 13.2. The van der Waals surface area contributed by atoms with Gasteiger partial charge in [-0.05, 0) is 42.5 Å². The average Bonchev–Trinajstić information content (AvgIpc) is 3.46. The zero-order valence-corrected chi connectivity index (χ0v) is 14.0. The van der Waals surface area contributed by atoms with E-state index < -0.39 is 0 Å². The third kappa shape index (κ3) is 3.71. The van der Waals surface area contributed by atoms with Gasteiger partial charge in [-0.1, -0.05) is 30.3 Å². The zero-order valence-electron chi connectivity index (χ0n) is 13.2. The molecule has 1 saturated carbocycles. The van der Waals surface area contributed by atoms with Crippen LogP contribution in [0, 0.1) is 5.92 Å². The van der Waals surface area contributed by atoms with Gasteiger partial charge in [0.2, 0.25) is 0 Å². The molecule has 4 rings (SSSR count). The van der Waals surface area contributed by atoms with Crippen molar-refractivity contribution in [2.75, 3.05) is 11.9 Å². The highest BCUT2D eigenvalue weighted by Crippen LogP contribution is 2.32. The van der Waals surface area contributed by atoms with Crippen LogP contribution < -0.4 is 5.32 Å². The van der Waals surface area contributed by atoms with Crippen LogP contribution in [-0.2, 0) is 0 Å². The molecule has 1 fully saturated rings. The number of benzene rings is 1. The molecule has 0 spiro atoms. The smallest absolute Gasteiger partial charge is 0.156 e. The van der Waals surface area contributed by atoms with E-state index in [-0.39, 0.29) is 12.4 Å². The van der Waals surface area contributed by atoms with E-state index in [1.165, 1.54) is 12.8 Å². The summed E-state index contributed by atoms with van der Waals surface area (Å²) < 4.78 is 0. The van der Waals surface area contributed by atoms with Crippen molar-refractivity contribution in [3.8, 4) is 22.4 Å². The van der Waals surface area contributed by atoms with Crippen LogP contribution in [0.3, 0.4) is 0 Å². The average molecular weight is 339 g/mol. The van der Waals surface area contributed by atoms with E-state index >= 15 is 0 Å². The Morgan fingerprint density at radius 1 is 0.917 bits per heavy atom. The minimum Gasteiger partial charge on any atom is -0.368 e. The van der Waals surface area contributed by atoms with Crippen molar-refractivity contribution in [2.45, 2.75) is 12.8 Å². The van der Waals surface area contributed by atoms with Crippen LogP contribution in [0.15, 0.2) is 60.9 Å². The van der Waals surface area contributed by atoms with Crippen LogP contribution in [0.5, 0.6) is 0 Å². The van der Waals surface area contributed by atoms with E-state index in [2.05, 4.69) is 38.7 Å². The molecule has 24 heavy (non-hydrogen) atoms. The summed E-state index contributed by atoms with van der Waals surface area (Å²) >= 11 is 0. The molecule has 1 N–H and O–H groups in total. The Kier molecular flexibility index (Phi) is 5.06. The molecule has 1 aliphatic rings. The lowest BCUT2D eigenvalue weighted by molar-refractivity contribution is 0.874. The molecular formula is C19H19ClN4. The van der Waals surface area contributed by atoms with Gasteiger partial charge in [0, 0.05) is 30.1 Å². The second-order valence-electron chi connectivity index (χ2n) is 5.92. The Hall–Kier alpha value is -2.46. The summed E-state index contributed by atoms with van der Waals surface area (Å²) in [7, 11) is 0. The third-order valence-corrected chi connectivity index (χ3v) is 4.11. The van der Waals surface area contributed by atoms with Crippen molar-refractivity contribution >= 4 is 18.2 Å². The largest absolute Gasteiger partial charge is 0.368 e. The predicted octanol–water partition coefficient (Wildman–Crippen LogP) is 4.45. The lowest BCUT2D eigenvalue weighted by Crippen LogP contribution is -2.07. The first kappa shape index (κ1) is 16.4. The molecule has 0 unspecified atom stereocenters. The van der Waals surface area contributed by atoms with E-state index in [0.717, 1.165) is 40.7 Å². The molecule has 0 radical (unpaired) electrons. The van der Waals surface area contributed by atoms with Crippen LogP contribution in [0.1, 0.15) is 12.8 Å². The van der Waals surface area contributed by atoms with Gasteiger partial charge in [0.25, 0.3) is 0 Å². The Balaban J connectivity index is 0.00000169. The molecular weight excluding hydrogens is 320 g/mol. The predicted molar refractivity (Wildman–Crippen MR) is 99.2 cm³/mol. The maximum Gasteiger partial charge on any atom is 0.156 e. The zero-order chi connectivity index (χ0) is 15.5. The van der Waals surface area contributed by atoms with Gasteiger partial charge in [-0.2, -0.15) is 0 Å². The van der Waals surface area contributed by atoms with Gasteiger partial charge in [0.15, 0.2) is 5.82 Å². The number of hydrogen-bond acceptors (Lipinski definition) is 4. The Morgan fingerprint density at radius 2 is 1.67 bits per heavy atom. The Morgan fingerprint density at radius 3 is 2.38 bits per heavy atom. The van der Waals surface area contributed by atoms with E-state index in [9.17, 15) is 0 Å². The highest BCUT2D eigenvalue weighted by atomic mass is 35.5. The van der Waals surface area contributed by atoms with Crippen molar-refractivity contribution in [1.82, 2.24) is 15.2 Å². The number of hydrogen-bond donors (Lipinski definition) is 1. The molecule has 3 aromatic rings. The van der Waals surface area contributed by atoms with Gasteiger partial charge in [-0.3, -0.25) is 4.98 Å². The molecule has 122 valence electrons. The van der Waals surface area contributed by atoms with Gasteiger partial charge in [0.05, 0.1) is 5.69 Å². The summed E-state index contributed by atoms with van der Waals surface area (Å²) in [5, 5.41) is 12.3. The van der Waals surface area contributed by atoms with Crippen LogP contribution in [-0.4, -0.2) is 21.7 Å². The van der Waals surface area contributed by atoms with Crippen LogP contribution >= 0.6 is 12.4 Å². The fraction of sp³-hybridized carbons (Fsp3) is 0.211. The van der Waals surface area contributed by atoms with E-state index in [0.29, 0.717) is 0 Å². The van der Waals surface area contributed by atoms with Crippen molar-refractivity contribution in [2.24, 2.45) is 5.92 Å². The summed E-state index contributed by atoms with van der Waals surface area (Å²) in [6, 6.07) is 16.3. The minimum absolute atomic E-state index is 0. The lowest BCUT2D eigenvalue weighted by Gasteiger charge is -2.12. The minimum atomic E-state index is 0. The summed E-state index contributed by atoms with van der Waals surface area (Å²) in [5.41, 5.74) is 4.13. The van der Waals surface area contributed by atoms with E-state index in [1.807, 2.05) is 42.7 Å². The first-order chi connectivity index (χ1) is 11.4. The molecule has 0 atom stereocenters. The molecule has 0 aliphatic heterocycles. The molecule has 0 saturated heterocycles. The number of anilines is 1. The monoisotopic (exact) mass is 338 g/mol. The molecule has 1 aliphatic carbocycles. The fourth-order valence-corrected chi connectivity index (χ4v) is 2.59. The number of aromatic nitrogens is 3. The standard InChI is InChI=1S/C19H18N4.ClH/c1-2-4-16(5-3-1)18-12-17(15-8-10-20-11-9-15)19(23-22-18)21-13-14-6-7-14;/h1-5,8-12,14H,6-7,13H2,(H,21,23);1H. The lowest BCUT2D eigenvalue weighted by atomic mass is 10.0. The molecule has 0 amide bonds. The van der Waals surface area contributed by atoms with Crippen molar-refractivity contribution in [1.29, 1.82) is 0 Å². The number of halogens is 1. The highest BCUT2D eigenvalue weighted by molar-refractivity contribution is 5.85. The van der Waals surface area contributed by atoms with Gasteiger partial charge in [-0.15, -0.1) is 22.6 Å². The molecule has 1 aromatic carbocycles. The third-order valence-electron chi connectivity index (χ3n) is 4.11. The fourth-order valence-electron chi connectivity index (χ4n) is 2.59. The van der Waals surface area contributed by atoms with Crippen LogP contribution in [0.4, 0.5) is 5.82 Å². The first-order valence-electron chi connectivity index (χ1n) is 7.97.